The molecule has 0 saturated carbocycles. The summed E-state index contributed by atoms with van der Waals surface area (Å²) in [6.45, 7) is 1.04. The molecule has 0 radical (unpaired) electrons. The maximum absolute atomic E-state index is 10.9. The van der Waals surface area contributed by atoms with E-state index in [2.05, 4.69) is 15.5 Å². The van der Waals surface area contributed by atoms with Gasteiger partial charge in [0.15, 0.2) is 0 Å². The van der Waals surface area contributed by atoms with Gasteiger partial charge in [0.25, 0.3) is 5.56 Å². The molecule has 1 aromatic heterocycles. The van der Waals surface area contributed by atoms with Crippen LogP contribution in [0, 0.1) is 0 Å². The zero-order chi connectivity index (χ0) is 8.39. The fourth-order valence-corrected chi connectivity index (χ4v) is 1.55. The molecule has 0 aromatic carbocycles. The number of hydrogen-bond acceptors (Lipinski definition) is 3. The number of aromatic nitrogens is 2. The van der Waals surface area contributed by atoms with E-state index >= 15 is 0 Å². The zero-order valence-electron chi connectivity index (χ0n) is 6.71. The van der Waals surface area contributed by atoms with E-state index in [1.165, 1.54) is 6.42 Å². The maximum atomic E-state index is 10.9. The number of rotatable bonds is 1. The number of hydrogen-bond donors (Lipinski definition) is 2. The van der Waals surface area contributed by atoms with Crippen molar-refractivity contribution in [3.63, 3.8) is 0 Å². The lowest BCUT2D eigenvalue weighted by molar-refractivity contribution is 0.640. The second-order valence-corrected chi connectivity index (χ2v) is 3.03. The van der Waals surface area contributed by atoms with Crippen molar-refractivity contribution < 1.29 is 0 Å². The molecule has 1 aliphatic rings. The van der Waals surface area contributed by atoms with Crippen LogP contribution in [0.25, 0.3) is 0 Å². The minimum Gasteiger partial charge on any atom is -0.310 e. The largest absolute Gasteiger partial charge is 0.310 e. The standard InChI is InChI=1S/C8H11N3O/c12-8-4-6(5-10-11-8)7-2-1-3-9-7/h4-5,7,9H,1-3H2,(H,11,12)/t7-/m0/s1. The summed E-state index contributed by atoms with van der Waals surface area (Å²) in [6, 6.07) is 1.94. The average Bonchev–Trinajstić information content (AvgIpc) is 2.56. The lowest BCUT2D eigenvalue weighted by atomic mass is 10.1. The molecule has 12 heavy (non-hydrogen) atoms. The molecule has 4 nitrogen and oxygen atoms in total. The van der Waals surface area contributed by atoms with Gasteiger partial charge in [-0.2, -0.15) is 5.10 Å². The molecule has 0 bridgehead atoms. The van der Waals surface area contributed by atoms with E-state index in [9.17, 15) is 4.79 Å². The minimum absolute atomic E-state index is 0.124. The van der Waals surface area contributed by atoms with E-state index in [4.69, 9.17) is 0 Å². The lowest BCUT2D eigenvalue weighted by Crippen LogP contribution is -2.16. The molecular formula is C8H11N3O. The van der Waals surface area contributed by atoms with E-state index in [1.54, 1.807) is 12.3 Å². The summed E-state index contributed by atoms with van der Waals surface area (Å²) in [4.78, 5) is 10.9. The van der Waals surface area contributed by atoms with Crippen LogP contribution in [-0.4, -0.2) is 16.7 Å². The predicted molar refractivity (Wildman–Crippen MR) is 44.8 cm³/mol. The average molecular weight is 165 g/mol. The Morgan fingerprint density at radius 2 is 2.50 bits per heavy atom. The molecule has 1 fully saturated rings. The molecule has 1 saturated heterocycles. The van der Waals surface area contributed by atoms with Gasteiger partial charge in [-0.15, -0.1) is 0 Å². The van der Waals surface area contributed by atoms with E-state index < -0.39 is 0 Å². The Morgan fingerprint density at radius 3 is 3.17 bits per heavy atom. The van der Waals surface area contributed by atoms with Crippen molar-refractivity contribution in [2.75, 3.05) is 6.54 Å². The van der Waals surface area contributed by atoms with Crippen LogP contribution in [0.4, 0.5) is 0 Å². The van der Waals surface area contributed by atoms with Crippen molar-refractivity contribution in [2.45, 2.75) is 18.9 Å². The first-order valence-corrected chi connectivity index (χ1v) is 4.14. The third-order valence-corrected chi connectivity index (χ3v) is 2.15. The molecular weight excluding hydrogens is 154 g/mol. The summed E-state index contributed by atoms with van der Waals surface area (Å²) in [5.74, 6) is 0. The lowest BCUT2D eigenvalue weighted by Gasteiger charge is -2.07. The van der Waals surface area contributed by atoms with Gasteiger partial charge in [0.2, 0.25) is 0 Å². The molecule has 0 aliphatic carbocycles. The first-order chi connectivity index (χ1) is 5.86. The van der Waals surface area contributed by atoms with Gasteiger partial charge in [0.05, 0.1) is 6.20 Å². The highest BCUT2D eigenvalue weighted by molar-refractivity contribution is 5.12. The quantitative estimate of drug-likeness (QED) is 0.624. The molecule has 0 unspecified atom stereocenters. The summed E-state index contributed by atoms with van der Waals surface area (Å²) in [5.41, 5.74) is 0.873. The van der Waals surface area contributed by atoms with Crippen LogP contribution in [0.1, 0.15) is 24.4 Å². The second kappa shape index (κ2) is 3.06. The van der Waals surface area contributed by atoms with Gasteiger partial charge in [-0.1, -0.05) is 0 Å². The first kappa shape index (κ1) is 7.49. The van der Waals surface area contributed by atoms with Crippen molar-refractivity contribution in [1.82, 2.24) is 15.5 Å². The van der Waals surface area contributed by atoms with E-state index in [1.807, 2.05) is 0 Å². The summed E-state index contributed by atoms with van der Waals surface area (Å²) >= 11 is 0. The molecule has 0 spiro atoms. The van der Waals surface area contributed by atoms with E-state index in [-0.39, 0.29) is 5.56 Å². The maximum Gasteiger partial charge on any atom is 0.264 e. The second-order valence-electron chi connectivity index (χ2n) is 3.03. The highest BCUT2D eigenvalue weighted by Gasteiger charge is 2.16. The zero-order valence-corrected chi connectivity index (χ0v) is 6.71. The van der Waals surface area contributed by atoms with Crippen LogP contribution < -0.4 is 10.9 Å². The van der Waals surface area contributed by atoms with Gasteiger partial charge in [-0.25, -0.2) is 5.10 Å². The summed E-state index contributed by atoms with van der Waals surface area (Å²) < 4.78 is 0. The van der Waals surface area contributed by atoms with E-state index in [0.29, 0.717) is 6.04 Å². The fourth-order valence-electron chi connectivity index (χ4n) is 1.55. The van der Waals surface area contributed by atoms with Crippen molar-refractivity contribution in [2.24, 2.45) is 0 Å². The molecule has 64 valence electrons. The number of nitrogens with zero attached hydrogens (tertiary/aromatic N) is 1. The van der Waals surface area contributed by atoms with Gasteiger partial charge >= 0.3 is 0 Å². The topological polar surface area (TPSA) is 57.8 Å². The molecule has 0 amide bonds. The third kappa shape index (κ3) is 1.38. The highest BCUT2D eigenvalue weighted by Crippen LogP contribution is 2.20. The van der Waals surface area contributed by atoms with E-state index in [0.717, 1.165) is 18.5 Å². The Balaban J connectivity index is 2.27. The number of H-pyrrole nitrogens is 1. The molecule has 2 rings (SSSR count). The van der Waals surface area contributed by atoms with Crippen LogP contribution in [0.5, 0.6) is 0 Å². The number of aromatic amines is 1. The predicted octanol–water partition coefficient (Wildman–Crippen LogP) is 0.194. The van der Waals surface area contributed by atoms with Crippen molar-refractivity contribution in [3.8, 4) is 0 Å². The Kier molecular flexibility index (Phi) is 1.91. The van der Waals surface area contributed by atoms with Crippen molar-refractivity contribution in [1.29, 1.82) is 0 Å². The smallest absolute Gasteiger partial charge is 0.264 e. The van der Waals surface area contributed by atoms with Gasteiger partial charge < -0.3 is 5.32 Å². The van der Waals surface area contributed by atoms with Gasteiger partial charge in [-0.3, -0.25) is 4.79 Å². The number of nitrogens with one attached hydrogen (secondary N) is 2. The molecule has 1 aliphatic heterocycles. The van der Waals surface area contributed by atoms with Crippen molar-refractivity contribution >= 4 is 0 Å². The first-order valence-electron chi connectivity index (χ1n) is 4.14. The van der Waals surface area contributed by atoms with Crippen LogP contribution in [0.3, 0.4) is 0 Å². The summed E-state index contributed by atoms with van der Waals surface area (Å²) in [6.07, 6.45) is 3.99. The molecule has 2 heterocycles. The molecule has 2 N–H and O–H groups in total. The monoisotopic (exact) mass is 165 g/mol. The molecule has 1 aromatic rings. The molecule has 4 heteroatoms. The third-order valence-electron chi connectivity index (χ3n) is 2.15. The van der Waals surface area contributed by atoms with Crippen LogP contribution in [-0.2, 0) is 0 Å². The van der Waals surface area contributed by atoms with Crippen LogP contribution in [0.2, 0.25) is 0 Å². The Labute approximate surface area is 70.0 Å². The molecule has 1 atom stereocenters. The van der Waals surface area contributed by atoms with Crippen LogP contribution in [0.15, 0.2) is 17.1 Å². The SMILES string of the molecule is O=c1cc([C@@H]2CCCN2)cn[nH]1. The summed E-state index contributed by atoms with van der Waals surface area (Å²) in [5, 5.41) is 9.42. The van der Waals surface area contributed by atoms with Gasteiger partial charge in [0.1, 0.15) is 0 Å². The highest BCUT2D eigenvalue weighted by atomic mass is 16.1. The Bertz CT molecular complexity index is 314. The van der Waals surface area contributed by atoms with Crippen LogP contribution >= 0.6 is 0 Å². The Morgan fingerprint density at radius 1 is 1.58 bits per heavy atom. The normalized spacial score (nSPS) is 22.8. The van der Waals surface area contributed by atoms with Gasteiger partial charge in [0, 0.05) is 12.1 Å². The van der Waals surface area contributed by atoms with Gasteiger partial charge in [-0.05, 0) is 24.9 Å². The Hall–Kier alpha value is -1.16. The summed E-state index contributed by atoms with van der Waals surface area (Å²) in [7, 11) is 0. The van der Waals surface area contributed by atoms with Crippen molar-refractivity contribution in [3.05, 3.63) is 28.2 Å². The minimum atomic E-state index is -0.124. The fraction of sp³-hybridized carbons (Fsp3) is 0.500.